The van der Waals surface area contributed by atoms with Crippen LogP contribution in [0.25, 0.3) is 0 Å². The zero-order valence-corrected chi connectivity index (χ0v) is 24.2. The number of rotatable bonds is 23. The SMILES string of the molecule is CCCCC/C=C\C\C=C/C=C/C=C/[C@H]([C@@H](O)CCCC(=O)O)S(=O)(=O)C[C@H](NC(=O)[C@@H](N)CCC(=O)O)C(=O)O. The number of allylic oxidation sites excluding steroid dienone is 7. The maximum absolute atomic E-state index is 13.2. The average Bonchev–Trinajstić information content (AvgIpc) is 2.88. The van der Waals surface area contributed by atoms with Gasteiger partial charge in [0, 0.05) is 12.8 Å². The van der Waals surface area contributed by atoms with Crippen LogP contribution in [0.4, 0.5) is 0 Å². The molecule has 13 heteroatoms. The second kappa shape index (κ2) is 21.5. The molecule has 0 radical (unpaired) electrons. The minimum Gasteiger partial charge on any atom is -0.481 e. The predicted molar refractivity (Wildman–Crippen MR) is 155 cm³/mol. The number of nitrogens with two attached hydrogens (primary N) is 1. The van der Waals surface area contributed by atoms with Crippen LogP contribution in [-0.4, -0.2) is 81.8 Å². The van der Waals surface area contributed by atoms with Gasteiger partial charge in [-0.2, -0.15) is 0 Å². The standard InChI is InChI=1S/C28H44N2O10S/c1-2-3-4-5-6-7-8-9-10-11-12-13-16-24(23(31)15-14-17-25(32)33)41(39,40)20-22(28(37)38)30-27(36)21(29)18-19-26(34)35/h6-7,9-13,16,21-24,31H,2-5,8,14-15,17-20,29H2,1H3,(H,30,36)(H,32,33)(H,34,35)(H,37,38)/b7-6-,10-9-,12-11+,16-13+/t21-,22-,23-,24+/m0/s1. The third kappa shape index (κ3) is 18.6. The number of carbonyl (C=O) groups excluding carboxylic acids is 1. The maximum Gasteiger partial charge on any atom is 0.327 e. The molecule has 0 aliphatic rings. The molecule has 0 rings (SSSR count). The summed E-state index contributed by atoms with van der Waals surface area (Å²) in [5.74, 6) is -6.12. The van der Waals surface area contributed by atoms with Gasteiger partial charge in [-0.3, -0.25) is 14.4 Å². The molecule has 0 spiro atoms. The smallest absolute Gasteiger partial charge is 0.327 e. The van der Waals surface area contributed by atoms with Gasteiger partial charge in [-0.25, -0.2) is 13.2 Å². The number of carboxylic acid groups (broad SMARTS) is 3. The first-order valence-corrected chi connectivity index (χ1v) is 15.3. The molecule has 0 heterocycles. The third-order valence-corrected chi connectivity index (χ3v) is 7.99. The van der Waals surface area contributed by atoms with Crippen LogP contribution in [0.3, 0.4) is 0 Å². The van der Waals surface area contributed by atoms with E-state index in [9.17, 15) is 37.8 Å². The molecule has 232 valence electrons. The summed E-state index contributed by atoms with van der Waals surface area (Å²) in [5.41, 5.74) is 5.59. The highest BCUT2D eigenvalue weighted by Crippen LogP contribution is 2.17. The number of aliphatic carboxylic acids is 3. The van der Waals surface area contributed by atoms with Crippen molar-refractivity contribution >= 4 is 33.7 Å². The van der Waals surface area contributed by atoms with E-state index in [0.717, 1.165) is 25.7 Å². The van der Waals surface area contributed by atoms with Gasteiger partial charge in [-0.05, 0) is 38.5 Å². The molecule has 12 nitrogen and oxygen atoms in total. The fourth-order valence-electron chi connectivity index (χ4n) is 3.58. The summed E-state index contributed by atoms with van der Waals surface area (Å²) < 4.78 is 26.4. The third-order valence-electron chi connectivity index (χ3n) is 5.89. The number of hydrogen-bond donors (Lipinski definition) is 6. The van der Waals surface area contributed by atoms with E-state index in [-0.39, 0.29) is 25.7 Å². The Labute approximate surface area is 241 Å². The van der Waals surface area contributed by atoms with Crippen LogP contribution in [0.5, 0.6) is 0 Å². The van der Waals surface area contributed by atoms with Crippen molar-refractivity contribution in [3.63, 3.8) is 0 Å². The fourth-order valence-corrected chi connectivity index (χ4v) is 5.44. The number of aliphatic hydroxyl groups excluding tert-OH is 1. The van der Waals surface area contributed by atoms with E-state index in [2.05, 4.69) is 13.0 Å². The van der Waals surface area contributed by atoms with Crippen molar-refractivity contribution in [3.05, 3.63) is 48.6 Å². The van der Waals surface area contributed by atoms with E-state index >= 15 is 0 Å². The van der Waals surface area contributed by atoms with Gasteiger partial charge in [-0.15, -0.1) is 0 Å². The summed E-state index contributed by atoms with van der Waals surface area (Å²) >= 11 is 0. The van der Waals surface area contributed by atoms with Gasteiger partial charge in [-0.1, -0.05) is 68.4 Å². The minimum atomic E-state index is -4.40. The van der Waals surface area contributed by atoms with Crippen molar-refractivity contribution in [1.82, 2.24) is 5.32 Å². The second-order valence-electron chi connectivity index (χ2n) is 9.49. The summed E-state index contributed by atoms with van der Waals surface area (Å²) in [4.78, 5) is 45.5. The Hall–Kier alpha value is -3.29. The molecular weight excluding hydrogens is 556 g/mol. The van der Waals surface area contributed by atoms with Crippen molar-refractivity contribution in [3.8, 4) is 0 Å². The Kier molecular flexibility index (Phi) is 19.7. The molecule has 0 aromatic heterocycles. The number of carboxylic acids is 3. The van der Waals surface area contributed by atoms with E-state index in [1.807, 2.05) is 17.5 Å². The summed E-state index contributed by atoms with van der Waals surface area (Å²) in [6.45, 7) is 2.14. The lowest BCUT2D eigenvalue weighted by atomic mass is 10.1. The molecule has 0 aliphatic carbocycles. The first kappa shape index (κ1) is 37.7. The second-order valence-corrected chi connectivity index (χ2v) is 11.7. The monoisotopic (exact) mass is 600 g/mol. The molecule has 0 bridgehead atoms. The number of carbonyl (C=O) groups is 4. The highest BCUT2D eigenvalue weighted by molar-refractivity contribution is 7.92. The Morgan fingerprint density at radius 2 is 1.51 bits per heavy atom. The van der Waals surface area contributed by atoms with Crippen molar-refractivity contribution in [2.45, 2.75) is 94.6 Å². The van der Waals surface area contributed by atoms with Crippen LogP contribution in [0.1, 0.15) is 71.1 Å². The van der Waals surface area contributed by atoms with E-state index in [1.54, 1.807) is 12.2 Å². The highest BCUT2D eigenvalue weighted by atomic mass is 32.2. The summed E-state index contributed by atoms with van der Waals surface area (Å²) in [7, 11) is -4.40. The van der Waals surface area contributed by atoms with Crippen LogP contribution in [0, 0.1) is 0 Å². The van der Waals surface area contributed by atoms with Crippen LogP contribution in [0.15, 0.2) is 48.6 Å². The molecule has 0 unspecified atom stereocenters. The quantitative estimate of drug-likeness (QED) is 0.0567. The van der Waals surface area contributed by atoms with Crippen LogP contribution < -0.4 is 11.1 Å². The Bertz CT molecular complexity index is 1050. The average molecular weight is 601 g/mol. The van der Waals surface area contributed by atoms with Gasteiger partial charge in [0.15, 0.2) is 9.84 Å². The largest absolute Gasteiger partial charge is 0.481 e. The van der Waals surface area contributed by atoms with E-state index < -0.39 is 69.3 Å². The summed E-state index contributed by atoms with van der Waals surface area (Å²) in [6.07, 6.45) is 16.0. The number of unbranched alkanes of at least 4 members (excludes halogenated alkanes) is 3. The van der Waals surface area contributed by atoms with Crippen molar-refractivity contribution in [2.24, 2.45) is 5.73 Å². The minimum absolute atomic E-state index is 0.0155. The number of aliphatic hydroxyl groups is 1. The molecule has 0 saturated heterocycles. The first-order chi connectivity index (χ1) is 19.3. The molecular formula is C28H44N2O10S. The molecule has 1 amide bonds. The van der Waals surface area contributed by atoms with Crippen molar-refractivity contribution < 1.29 is 48.0 Å². The first-order valence-electron chi connectivity index (χ1n) is 13.6. The lowest BCUT2D eigenvalue weighted by Crippen LogP contribution is -2.52. The predicted octanol–water partition coefficient (Wildman–Crippen LogP) is 2.34. The van der Waals surface area contributed by atoms with Crippen LogP contribution >= 0.6 is 0 Å². The van der Waals surface area contributed by atoms with Gasteiger partial charge in [0.1, 0.15) is 11.3 Å². The van der Waals surface area contributed by atoms with E-state index in [0.29, 0.717) is 0 Å². The van der Waals surface area contributed by atoms with Gasteiger partial charge in [0.05, 0.1) is 17.9 Å². The number of amides is 1. The Morgan fingerprint density at radius 3 is 2.12 bits per heavy atom. The highest BCUT2D eigenvalue weighted by Gasteiger charge is 2.36. The van der Waals surface area contributed by atoms with Crippen LogP contribution in [-0.2, 0) is 29.0 Å². The molecule has 0 fully saturated rings. The van der Waals surface area contributed by atoms with E-state index in [1.165, 1.54) is 24.6 Å². The molecule has 4 atom stereocenters. The normalized spacial score (nSPS) is 15.4. The number of sulfone groups is 1. The fraction of sp³-hybridized carbons (Fsp3) is 0.571. The number of hydrogen-bond acceptors (Lipinski definition) is 8. The Balaban J connectivity index is 5.52. The van der Waals surface area contributed by atoms with Crippen molar-refractivity contribution in [1.29, 1.82) is 0 Å². The van der Waals surface area contributed by atoms with Gasteiger partial charge in [0.2, 0.25) is 5.91 Å². The van der Waals surface area contributed by atoms with E-state index in [4.69, 9.17) is 15.9 Å². The van der Waals surface area contributed by atoms with Crippen molar-refractivity contribution in [2.75, 3.05) is 5.75 Å². The van der Waals surface area contributed by atoms with Gasteiger partial charge in [0.25, 0.3) is 0 Å². The zero-order chi connectivity index (χ0) is 31.3. The Morgan fingerprint density at radius 1 is 0.854 bits per heavy atom. The molecule has 41 heavy (non-hydrogen) atoms. The zero-order valence-electron chi connectivity index (χ0n) is 23.4. The lowest BCUT2D eigenvalue weighted by molar-refractivity contribution is -0.141. The lowest BCUT2D eigenvalue weighted by Gasteiger charge is -2.23. The molecule has 0 saturated carbocycles. The maximum atomic E-state index is 13.2. The van der Waals surface area contributed by atoms with Gasteiger partial charge < -0.3 is 31.5 Å². The molecule has 7 N–H and O–H groups in total. The molecule has 0 aliphatic heterocycles. The molecule has 0 aromatic carbocycles. The topological polar surface area (TPSA) is 221 Å². The van der Waals surface area contributed by atoms with Gasteiger partial charge >= 0.3 is 17.9 Å². The van der Waals surface area contributed by atoms with Crippen LogP contribution in [0.2, 0.25) is 0 Å². The summed E-state index contributed by atoms with van der Waals surface area (Å²) in [5, 5.41) is 38.1. The molecule has 0 aromatic rings. The number of nitrogens with one attached hydrogen (secondary N) is 1. The summed E-state index contributed by atoms with van der Waals surface area (Å²) in [6, 6.07) is -3.29.